The van der Waals surface area contributed by atoms with Crippen molar-refractivity contribution < 1.29 is 0 Å². The number of allylic oxidation sites excluding steroid dienone is 6. The molecule has 1 unspecified atom stereocenters. The number of hydrogen-bond acceptors (Lipinski definition) is 4. The van der Waals surface area contributed by atoms with Crippen LogP contribution in [0.3, 0.4) is 0 Å². The standard InChI is InChI=1S/C66H48N4/c67-45-47(46-68)64-56-29-13-15-31-58(56)65(59-32-16-14-30-57(59)64,50-37-41-54(42-38-50)69(52-25-9-3-10-26-52)53-27-11-4-12-28-53)51-39-43-55(44-40-51)70-62-35-19-17-33-60(62)66(48-21-5-1-6-22-48,49-23-7-2-8-24-49)61-34-18-20-36-63(61)70/h1-17,19-27,29-33,35-44,53H,18,28,34H2. The van der Waals surface area contributed by atoms with Gasteiger partial charge in [0.15, 0.2) is 0 Å². The van der Waals surface area contributed by atoms with Crippen molar-refractivity contribution >= 4 is 28.3 Å². The van der Waals surface area contributed by atoms with Crippen LogP contribution in [0.25, 0.3) is 5.57 Å². The lowest BCUT2D eigenvalue weighted by atomic mass is 9.58. The first kappa shape index (κ1) is 42.4. The van der Waals surface area contributed by atoms with E-state index in [2.05, 4.69) is 259 Å². The van der Waals surface area contributed by atoms with Crippen LogP contribution in [0.2, 0.25) is 0 Å². The van der Waals surface area contributed by atoms with Gasteiger partial charge in [-0.3, -0.25) is 0 Å². The number of para-hydroxylation sites is 2. The topological polar surface area (TPSA) is 54.1 Å². The Morgan fingerprint density at radius 1 is 0.500 bits per heavy atom. The third-order valence-corrected chi connectivity index (χ3v) is 14.9. The van der Waals surface area contributed by atoms with E-state index in [0.29, 0.717) is 5.57 Å². The average molecular weight is 897 g/mol. The number of nitrogens with zero attached hydrogens (tertiary/aromatic N) is 4. The summed E-state index contributed by atoms with van der Waals surface area (Å²) in [5.74, 6) is 0. The summed E-state index contributed by atoms with van der Waals surface area (Å²) in [7, 11) is 0. The molecule has 0 fully saturated rings. The SMILES string of the molecule is N#CC(C#N)=C1c2ccccc2C(c2ccc(N3C4=C(CCC=C4)C(c4ccccc4)(c4ccccc4)c4ccccc43)cc2)(c2ccc(N(c3ccccc3)C3C=CC=CC3)cc2)c2ccccc21. The van der Waals surface area contributed by atoms with E-state index in [1.54, 1.807) is 0 Å². The smallest absolute Gasteiger partial charge is 0.138 e. The summed E-state index contributed by atoms with van der Waals surface area (Å²) in [6, 6.07) is 81.4. The second-order valence-corrected chi connectivity index (χ2v) is 18.4. The van der Waals surface area contributed by atoms with E-state index < -0.39 is 10.8 Å². The molecule has 0 amide bonds. The molecule has 4 nitrogen and oxygen atoms in total. The molecule has 8 aromatic carbocycles. The van der Waals surface area contributed by atoms with Crippen molar-refractivity contribution in [3.63, 3.8) is 0 Å². The summed E-state index contributed by atoms with van der Waals surface area (Å²) in [5, 5.41) is 21.0. The van der Waals surface area contributed by atoms with Crippen molar-refractivity contribution in [3.8, 4) is 12.1 Å². The molecule has 1 heterocycles. The molecular weight excluding hydrogens is 849 g/mol. The number of nitriles is 2. The largest absolute Gasteiger partial charge is 0.334 e. The Bertz CT molecular complexity index is 3420. The van der Waals surface area contributed by atoms with Crippen molar-refractivity contribution in [1.82, 2.24) is 0 Å². The second kappa shape index (κ2) is 17.6. The van der Waals surface area contributed by atoms with Crippen molar-refractivity contribution in [3.05, 3.63) is 316 Å². The van der Waals surface area contributed by atoms with Crippen LogP contribution in [0, 0.1) is 22.7 Å². The lowest BCUT2D eigenvalue weighted by Gasteiger charge is -2.48. The van der Waals surface area contributed by atoms with Crippen LogP contribution in [0.1, 0.15) is 69.3 Å². The maximum absolute atomic E-state index is 10.5. The van der Waals surface area contributed by atoms with E-state index in [0.717, 1.165) is 75.4 Å². The number of anilines is 4. The molecule has 1 atom stereocenters. The minimum Gasteiger partial charge on any atom is -0.334 e. The molecule has 0 radical (unpaired) electrons. The van der Waals surface area contributed by atoms with Crippen LogP contribution in [0.5, 0.6) is 0 Å². The van der Waals surface area contributed by atoms with Gasteiger partial charge in [-0.2, -0.15) is 10.5 Å². The number of hydrogen-bond donors (Lipinski definition) is 0. The van der Waals surface area contributed by atoms with Crippen molar-refractivity contribution in [1.29, 1.82) is 10.5 Å². The van der Waals surface area contributed by atoms with Gasteiger partial charge in [0.05, 0.1) is 22.6 Å². The summed E-state index contributed by atoms with van der Waals surface area (Å²) >= 11 is 0. The Hall–Kier alpha value is -8.96. The molecule has 0 saturated heterocycles. The second-order valence-electron chi connectivity index (χ2n) is 18.4. The van der Waals surface area contributed by atoms with E-state index in [9.17, 15) is 10.5 Å². The molecule has 3 aliphatic carbocycles. The Kier molecular flexibility index (Phi) is 10.7. The fourth-order valence-electron chi connectivity index (χ4n) is 12.2. The molecule has 332 valence electrons. The Morgan fingerprint density at radius 2 is 1.01 bits per heavy atom. The zero-order chi connectivity index (χ0) is 47.1. The molecule has 4 heteroatoms. The molecule has 0 aromatic heterocycles. The maximum Gasteiger partial charge on any atom is 0.138 e. The van der Waals surface area contributed by atoms with Crippen LogP contribution in [-0.4, -0.2) is 6.04 Å². The van der Waals surface area contributed by atoms with Gasteiger partial charge >= 0.3 is 0 Å². The highest BCUT2D eigenvalue weighted by molar-refractivity contribution is 5.95. The molecule has 0 spiro atoms. The summed E-state index contributed by atoms with van der Waals surface area (Å²) in [6.07, 6.45) is 16.2. The van der Waals surface area contributed by atoms with Gasteiger partial charge in [-0.05, 0) is 123 Å². The molecule has 70 heavy (non-hydrogen) atoms. The maximum atomic E-state index is 10.5. The van der Waals surface area contributed by atoms with Crippen molar-refractivity contribution in [2.45, 2.75) is 36.1 Å². The van der Waals surface area contributed by atoms with Gasteiger partial charge < -0.3 is 9.80 Å². The first-order valence-electron chi connectivity index (χ1n) is 24.2. The highest BCUT2D eigenvalue weighted by Crippen LogP contribution is 2.59. The van der Waals surface area contributed by atoms with Crippen molar-refractivity contribution in [2.75, 3.05) is 9.80 Å². The quantitative estimate of drug-likeness (QED) is 0.143. The van der Waals surface area contributed by atoms with Crippen LogP contribution < -0.4 is 9.80 Å². The molecule has 12 rings (SSSR count). The first-order valence-corrected chi connectivity index (χ1v) is 24.2. The van der Waals surface area contributed by atoms with Gasteiger partial charge in [-0.25, -0.2) is 0 Å². The summed E-state index contributed by atoms with van der Waals surface area (Å²) < 4.78 is 0. The predicted molar refractivity (Wildman–Crippen MR) is 284 cm³/mol. The fraction of sp³-hybridized carbons (Fsp3) is 0.0909. The Morgan fingerprint density at radius 3 is 1.60 bits per heavy atom. The summed E-state index contributed by atoms with van der Waals surface area (Å²) in [4.78, 5) is 4.89. The molecular formula is C66H48N4. The normalized spacial score (nSPS) is 18.1. The Balaban J connectivity index is 1.08. The van der Waals surface area contributed by atoms with Crippen molar-refractivity contribution in [2.24, 2.45) is 0 Å². The number of fused-ring (bicyclic) bond motifs is 3. The minimum atomic E-state index is -0.834. The monoisotopic (exact) mass is 896 g/mol. The van der Waals surface area contributed by atoms with E-state index >= 15 is 0 Å². The molecule has 8 aromatic rings. The van der Waals surface area contributed by atoms with E-state index in [1.807, 2.05) is 12.1 Å². The third-order valence-electron chi connectivity index (χ3n) is 14.9. The lowest BCUT2D eigenvalue weighted by molar-refractivity contribution is 0.650. The van der Waals surface area contributed by atoms with Crippen LogP contribution in [0.4, 0.5) is 22.7 Å². The zero-order valence-electron chi connectivity index (χ0n) is 38.7. The molecule has 1 aliphatic heterocycles. The third kappa shape index (κ3) is 6.49. The van der Waals surface area contributed by atoms with Crippen LogP contribution in [0.15, 0.2) is 266 Å². The average Bonchev–Trinajstić information content (AvgIpc) is 3.44. The highest BCUT2D eigenvalue weighted by Gasteiger charge is 2.49. The van der Waals surface area contributed by atoms with E-state index in [1.165, 1.54) is 28.0 Å². The van der Waals surface area contributed by atoms with E-state index in [4.69, 9.17) is 0 Å². The van der Waals surface area contributed by atoms with Crippen LogP contribution >= 0.6 is 0 Å². The minimum absolute atomic E-state index is 0.0998. The van der Waals surface area contributed by atoms with Crippen LogP contribution in [-0.2, 0) is 10.8 Å². The van der Waals surface area contributed by atoms with Gasteiger partial charge in [0.2, 0.25) is 0 Å². The summed E-state index contributed by atoms with van der Waals surface area (Å²) in [6.45, 7) is 0. The van der Waals surface area contributed by atoms with Gasteiger partial charge in [-0.1, -0.05) is 200 Å². The number of rotatable bonds is 8. The lowest BCUT2D eigenvalue weighted by Crippen LogP contribution is -2.40. The van der Waals surface area contributed by atoms with Gasteiger partial charge in [0.25, 0.3) is 0 Å². The highest BCUT2D eigenvalue weighted by atomic mass is 15.2. The zero-order valence-corrected chi connectivity index (χ0v) is 38.7. The van der Waals surface area contributed by atoms with E-state index in [-0.39, 0.29) is 11.6 Å². The number of benzene rings is 8. The molecule has 0 bridgehead atoms. The fourth-order valence-corrected chi connectivity index (χ4v) is 12.2. The Labute approximate surface area is 410 Å². The predicted octanol–water partition coefficient (Wildman–Crippen LogP) is 15.3. The molecule has 0 saturated carbocycles. The van der Waals surface area contributed by atoms with Gasteiger partial charge in [0.1, 0.15) is 17.7 Å². The molecule has 0 N–H and O–H groups in total. The van der Waals surface area contributed by atoms with Gasteiger partial charge in [-0.15, -0.1) is 0 Å². The first-order chi connectivity index (χ1) is 34.7. The summed E-state index contributed by atoms with van der Waals surface area (Å²) in [5.41, 5.74) is 16.2. The van der Waals surface area contributed by atoms with Gasteiger partial charge in [0, 0.05) is 28.3 Å². The molecule has 4 aliphatic rings.